The quantitative estimate of drug-likeness (QED) is 0.775. The molecule has 0 saturated heterocycles. The molecule has 1 N–H and O–H groups in total. The maximum absolute atomic E-state index is 13.7. The summed E-state index contributed by atoms with van der Waals surface area (Å²) in [5, 5.41) is 2.40. The lowest BCUT2D eigenvalue weighted by atomic mass is 10.1. The summed E-state index contributed by atoms with van der Waals surface area (Å²) in [6.45, 7) is 0. The molecule has 0 fully saturated rings. The van der Waals surface area contributed by atoms with Crippen LogP contribution in [-0.2, 0) is 0 Å². The van der Waals surface area contributed by atoms with E-state index in [1.54, 1.807) is 24.3 Å². The number of benzene rings is 2. The topological polar surface area (TPSA) is 42.2 Å². The molecule has 1 amide bonds. The standard InChI is InChI=1S/C17H11F2NO2/c18-12-6-2-1-5-11(12)15-9-10-16(22-15)17(21)20-14-8-4-3-7-13(14)19/h1-10H,(H,20,21). The molecule has 22 heavy (non-hydrogen) atoms. The maximum atomic E-state index is 13.7. The zero-order valence-corrected chi connectivity index (χ0v) is 11.3. The van der Waals surface area contributed by atoms with E-state index in [1.165, 1.54) is 36.4 Å². The third-order valence-electron chi connectivity index (χ3n) is 3.09. The van der Waals surface area contributed by atoms with Crippen LogP contribution in [-0.4, -0.2) is 5.91 Å². The van der Waals surface area contributed by atoms with Crippen molar-refractivity contribution in [2.24, 2.45) is 0 Å². The molecule has 0 aliphatic carbocycles. The molecular weight excluding hydrogens is 288 g/mol. The normalized spacial score (nSPS) is 10.5. The number of anilines is 1. The number of nitrogens with one attached hydrogen (secondary N) is 1. The molecule has 3 rings (SSSR count). The van der Waals surface area contributed by atoms with E-state index in [0.29, 0.717) is 0 Å². The number of furan rings is 1. The van der Waals surface area contributed by atoms with Gasteiger partial charge < -0.3 is 9.73 Å². The second-order valence-electron chi connectivity index (χ2n) is 4.58. The van der Waals surface area contributed by atoms with E-state index in [1.807, 2.05) is 0 Å². The van der Waals surface area contributed by atoms with Crippen molar-refractivity contribution in [2.45, 2.75) is 0 Å². The highest BCUT2D eigenvalue weighted by atomic mass is 19.1. The van der Waals surface area contributed by atoms with Gasteiger partial charge in [-0.1, -0.05) is 24.3 Å². The van der Waals surface area contributed by atoms with Crippen molar-refractivity contribution in [1.82, 2.24) is 0 Å². The van der Waals surface area contributed by atoms with Crippen LogP contribution in [0.2, 0.25) is 0 Å². The molecule has 0 unspecified atom stereocenters. The highest BCUT2D eigenvalue weighted by molar-refractivity contribution is 6.02. The number of hydrogen-bond donors (Lipinski definition) is 1. The Hall–Kier alpha value is -2.95. The van der Waals surface area contributed by atoms with E-state index in [0.717, 1.165) is 0 Å². The summed E-state index contributed by atoms with van der Waals surface area (Å²) in [5.74, 6) is -1.39. The number of carbonyl (C=O) groups is 1. The Labute approximate surface area is 125 Å². The Morgan fingerprint density at radius 1 is 0.864 bits per heavy atom. The van der Waals surface area contributed by atoms with Crippen molar-refractivity contribution in [1.29, 1.82) is 0 Å². The van der Waals surface area contributed by atoms with Crippen LogP contribution in [0.5, 0.6) is 0 Å². The highest BCUT2D eigenvalue weighted by Crippen LogP contribution is 2.25. The van der Waals surface area contributed by atoms with Crippen LogP contribution >= 0.6 is 0 Å². The Kier molecular flexibility index (Phi) is 3.70. The fraction of sp³-hybridized carbons (Fsp3) is 0. The van der Waals surface area contributed by atoms with Crippen LogP contribution in [0.1, 0.15) is 10.6 Å². The first-order valence-corrected chi connectivity index (χ1v) is 6.56. The smallest absolute Gasteiger partial charge is 0.291 e. The number of halogens is 2. The van der Waals surface area contributed by atoms with Gasteiger partial charge in [0, 0.05) is 0 Å². The number of rotatable bonds is 3. The van der Waals surface area contributed by atoms with Crippen molar-refractivity contribution in [3.8, 4) is 11.3 Å². The van der Waals surface area contributed by atoms with Gasteiger partial charge in [-0.2, -0.15) is 0 Å². The molecule has 3 aromatic rings. The Bertz CT molecular complexity index is 827. The van der Waals surface area contributed by atoms with Gasteiger partial charge in [0.25, 0.3) is 5.91 Å². The minimum absolute atomic E-state index is 0.0264. The van der Waals surface area contributed by atoms with Crippen molar-refractivity contribution < 1.29 is 18.0 Å². The van der Waals surface area contributed by atoms with E-state index >= 15 is 0 Å². The molecule has 1 aromatic heterocycles. The molecule has 1 heterocycles. The maximum Gasteiger partial charge on any atom is 0.291 e. The zero-order chi connectivity index (χ0) is 15.5. The summed E-state index contributed by atoms with van der Waals surface area (Å²) < 4.78 is 32.5. The lowest BCUT2D eigenvalue weighted by molar-refractivity contribution is 0.0997. The molecule has 0 atom stereocenters. The lowest BCUT2D eigenvalue weighted by Gasteiger charge is -2.04. The fourth-order valence-corrected chi connectivity index (χ4v) is 2.01. The highest BCUT2D eigenvalue weighted by Gasteiger charge is 2.15. The minimum Gasteiger partial charge on any atom is -0.451 e. The van der Waals surface area contributed by atoms with Gasteiger partial charge in [0.05, 0.1) is 11.3 Å². The molecule has 0 radical (unpaired) electrons. The van der Waals surface area contributed by atoms with E-state index in [9.17, 15) is 13.6 Å². The molecule has 2 aromatic carbocycles. The zero-order valence-electron chi connectivity index (χ0n) is 11.3. The van der Waals surface area contributed by atoms with Crippen LogP contribution in [0.15, 0.2) is 65.1 Å². The Morgan fingerprint density at radius 3 is 2.27 bits per heavy atom. The predicted molar refractivity (Wildman–Crippen MR) is 78.5 cm³/mol. The molecule has 0 spiro atoms. The van der Waals surface area contributed by atoms with Gasteiger partial charge >= 0.3 is 0 Å². The first-order chi connectivity index (χ1) is 10.6. The molecule has 5 heteroatoms. The molecule has 0 bridgehead atoms. The van der Waals surface area contributed by atoms with Crippen LogP contribution in [0.4, 0.5) is 14.5 Å². The predicted octanol–water partition coefficient (Wildman–Crippen LogP) is 4.48. The van der Waals surface area contributed by atoms with Crippen LogP contribution in [0.25, 0.3) is 11.3 Å². The number of carbonyl (C=O) groups excluding carboxylic acids is 1. The minimum atomic E-state index is -0.604. The average Bonchev–Trinajstić information content (AvgIpc) is 3.00. The van der Waals surface area contributed by atoms with Gasteiger partial charge in [0.15, 0.2) is 5.76 Å². The first kappa shape index (κ1) is 14.0. The number of amides is 1. The van der Waals surface area contributed by atoms with Crippen LogP contribution < -0.4 is 5.32 Å². The summed E-state index contributed by atoms with van der Waals surface area (Å²) >= 11 is 0. The van der Waals surface area contributed by atoms with Gasteiger partial charge in [-0.05, 0) is 36.4 Å². The molecule has 3 nitrogen and oxygen atoms in total. The summed E-state index contributed by atoms with van der Waals surface area (Å²) in [4.78, 5) is 12.0. The number of para-hydroxylation sites is 1. The van der Waals surface area contributed by atoms with Gasteiger partial charge in [-0.25, -0.2) is 8.78 Å². The van der Waals surface area contributed by atoms with E-state index in [-0.39, 0.29) is 22.8 Å². The summed E-state index contributed by atoms with van der Waals surface area (Å²) in [7, 11) is 0. The van der Waals surface area contributed by atoms with E-state index in [4.69, 9.17) is 4.42 Å². The van der Waals surface area contributed by atoms with E-state index in [2.05, 4.69) is 5.32 Å². The number of hydrogen-bond acceptors (Lipinski definition) is 2. The van der Waals surface area contributed by atoms with Crippen molar-refractivity contribution in [3.63, 3.8) is 0 Å². The van der Waals surface area contributed by atoms with Crippen molar-refractivity contribution in [2.75, 3.05) is 5.32 Å². The Balaban J connectivity index is 1.84. The molecular formula is C17H11F2NO2. The molecule has 110 valence electrons. The summed E-state index contributed by atoms with van der Waals surface area (Å²) in [6, 6.07) is 14.8. The monoisotopic (exact) mass is 299 g/mol. The van der Waals surface area contributed by atoms with E-state index < -0.39 is 17.5 Å². The SMILES string of the molecule is O=C(Nc1ccccc1F)c1ccc(-c2ccccc2F)o1. The van der Waals surface area contributed by atoms with Crippen molar-refractivity contribution >= 4 is 11.6 Å². The summed E-state index contributed by atoms with van der Waals surface area (Å²) in [5.41, 5.74) is 0.309. The van der Waals surface area contributed by atoms with Crippen molar-refractivity contribution in [3.05, 3.63) is 78.1 Å². The third-order valence-corrected chi connectivity index (χ3v) is 3.09. The lowest BCUT2D eigenvalue weighted by Crippen LogP contribution is -2.11. The molecule has 0 aliphatic rings. The summed E-state index contributed by atoms with van der Waals surface area (Å²) in [6.07, 6.45) is 0. The first-order valence-electron chi connectivity index (χ1n) is 6.56. The third kappa shape index (κ3) is 2.74. The van der Waals surface area contributed by atoms with Gasteiger partial charge in [0.1, 0.15) is 17.4 Å². The fourth-order valence-electron chi connectivity index (χ4n) is 2.01. The molecule has 0 saturated carbocycles. The average molecular weight is 299 g/mol. The second kappa shape index (κ2) is 5.81. The van der Waals surface area contributed by atoms with Crippen LogP contribution in [0.3, 0.4) is 0 Å². The van der Waals surface area contributed by atoms with Gasteiger partial charge in [-0.3, -0.25) is 4.79 Å². The van der Waals surface area contributed by atoms with Crippen LogP contribution in [0, 0.1) is 11.6 Å². The largest absolute Gasteiger partial charge is 0.451 e. The van der Waals surface area contributed by atoms with Gasteiger partial charge in [0.2, 0.25) is 0 Å². The Morgan fingerprint density at radius 2 is 1.55 bits per heavy atom. The second-order valence-corrected chi connectivity index (χ2v) is 4.58. The van der Waals surface area contributed by atoms with Gasteiger partial charge in [-0.15, -0.1) is 0 Å². The molecule has 0 aliphatic heterocycles.